The van der Waals surface area contributed by atoms with E-state index >= 15 is 0 Å². The van der Waals surface area contributed by atoms with Crippen LogP contribution in [0.5, 0.6) is 0 Å². The summed E-state index contributed by atoms with van der Waals surface area (Å²) in [5.74, 6) is 1.89. The normalized spacial score (nSPS) is 21.9. The van der Waals surface area contributed by atoms with Crippen molar-refractivity contribution in [1.29, 1.82) is 0 Å². The molecule has 0 radical (unpaired) electrons. The van der Waals surface area contributed by atoms with Crippen LogP contribution in [-0.4, -0.2) is 43.8 Å². The number of hydrogen-bond donors (Lipinski definition) is 2. The lowest BCUT2D eigenvalue weighted by atomic mass is 9.78. The lowest BCUT2D eigenvalue weighted by Crippen LogP contribution is -2.47. The highest BCUT2D eigenvalue weighted by molar-refractivity contribution is 7.09. The highest BCUT2D eigenvalue weighted by Gasteiger charge is 2.35. The number of aliphatic imine (C=N–C) groups is 1. The van der Waals surface area contributed by atoms with Crippen LogP contribution in [0.4, 0.5) is 0 Å². The van der Waals surface area contributed by atoms with Crippen LogP contribution in [0.15, 0.2) is 10.4 Å². The van der Waals surface area contributed by atoms with Gasteiger partial charge in [-0.15, -0.1) is 11.3 Å². The summed E-state index contributed by atoms with van der Waals surface area (Å²) in [6, 6.07) is 0. The van der Waals surface area contributed by atoms with Gasteiger partial charge in [0.05, 0.1) is 16.8 Å². The van der Waals surface area contributed by atoms with Gasteiger partial charge in [0.1, 0.15) is 0 Å². The molecule has 0 aliphatic carbocycles. The Bertz CT molecular complexity index is 577. The van der Waals surface area contributed by atoms with Crippen molar-refractivity contribution in [2.24, 2.45) is 16.3 Å². The first-order valence-corrected chi connectivity index (χ1v) is 10.7. The average Bonchev–Trinajstić information content (AvgIpc) is 3.06. The Morgan fingerprint density at radius 2 is 2.15 bits per heavy atom. The fourth-order valence-electron chi connectivity index (χ4n) is 3.47. The van der Waals surface area contributed by atoms with Gasteiger partial charge < -0.3 is 15.4 Å². The molecule has 0 aromatic carbocycles. The molecule has 1 aromatic rings. The van der Waals surface area contributed by atoms with Gasteiger partial charge in [-0.3, -0.25) is 4.99 Å². The molecule has 1 fully saturated rings. The minimum atomic E-state index is 0.169. The number of nitrogens with one attached hydrogen (secondary N) is 2. The number of rotatable bonds is 6. The molecule has 6 heteroatoms. The molecule has 0 saturated carbocycles. The molecule has 0 bridgehead atoms. The van der Waals surface area contributed by atoms with E-state index in [1.165, 1.54) is 11.4 Å². The fourth-order valence-corrected chi connectivity index (χ4v) is 4.34. The summed E-state index contributed by atoms with van der Waals surface area (Å²) in [4.78, 5) is 9.05. The summed E-state index contributed by atoms with van der Waals surface area (Å²) in [5.41, 5.74) is 1.33. The second-order valence-electron chi connectivity index (χ2n) is 8.52. The zero-order valence-electron chi connectivity index (χ0n) is 17.3. The Labute approximate surface area is 163 Å². The minimum Gasteiger partial charge on any atom is -0.377 e. The molecule has 148 valence electrons. The number of guanidine groups is 1. The van der Waals surface area contributed by atoms with Gasteiger partial charge in [0, 0.05) is 50.4 Å². The number of aromatic nitrogens is 1. The van der Waals surface area contributed by atoms with Crippen molar-refractivity contribution in [3.63, 3.8) is 0 Å². The molecular formula is C20H36N4OS. The number of hydrogen-bond acceptors (Lipinski definition) is 4. The van der Waals surface area contributed by atoms with Gasteiger partial charge in [-0.1, -0.05) is 34.6 Å². The van der Waals surface area contributed by atoms with E-state index in [9.17, 15) is 0 Å². The first kappa shape index (κ1) is 21.2. The first-order chi connectivity index (χ1) is 12.3. The van der Waals surface area contributed by atoms with E-state index in [2.05, 4.69) is 55.6 Å². The van der Waals surface area contributed by atoms with Gasteiger partial charge in [-0.25, -0.2) is 4.98 Å². The van der Waals surface area contributed by atoms with Crippen molar-refractivity contribution in [3.8, 4) is 0 Å². The largest absolute Gasteiger partial charge is 0.377 e. The van der Waals surface area contributed by atoms with Gasteiger partial charge in [0.15, 0.2) is 5.96 Å². The van der Waals surface area contributed by atoms with Crippen molar-refractivity contribution < 1.29 is 4.74 Å². The minimum absolute atomic E-state index is 0.169. The smallest absolute Gasteiger partial charge is 0.191 e. The molecule has 1 aromatic heterocycles. The highest BCUT2D eigenvalue weighted by atomic mass is 32.1. The standard InChI is InChI=1S/C20H36N4OS/c1-14(2)18-24-16(13-26-18)9-10-22-19(21-6)23-12-15-8-7-11-25-17(15)20(3,4)5/h13-15,17H,7-12H2,1-6H3,(H2,21,22,23). The number of ether oxygens (including phenoxy) is 1. The predicted octanol–water partition coefficient (Wildman–Crippen LogP) is 3.82. The van der Waals surface area contributed by atoms with Crippen LogP contribution in [0.1, 0.15) is 64.1 Å². The monoisotopic (exact) mass is 380 g/mol. The summed E-state index contributed by atoms with van der Waals surface area (Å²) in [6.07, 6.45) is 3.57. The van der Waals surface area contributed by atoms with Gasteiger partial charge in [0.2, 0.25) is 0 Å². The van der Waals surface area contributed by atoms with Crippen LogP contribution in [0, 0.1) is 11.3 Å². The number of thiazole rings is 1. The first-order valence-electron chi connectivity index (χ1n) is 9.81. The van der Waals surface area contributed by atoms with E-state index in [1.54, 1.807) is 11.3 Å². The quantitative estimate of drug-likeness (QED) is 0.582. The van der Waals surface area contributed by atoms with Crippen molar-refractivity contribution in [2.45, 2.75) is 65.9 Å². The van der Waals surface area contributed by atoms with E-state index in [-0.39, 0.29) is 5.41 Å². The Morgan fingerprint density at radius 3 is 2.77 bits per heavy atom. The van der Waals surface area contributed by atoms with E-state index in [0.29, 0.717) is 17.9 Å². The Balaban J connectivity index is 1.78. The number of nitrogens with zero attached hydrogens (tertiary/aromatic N) is 2. The van der Waals surface area contributed by atoms with Crippen LogP contribution in [0.25, 0.3) is 0 Å². The third kappa shape index (κ3) is 6.23. The second-order valence-corrected chi connectivity index (χ2v) is 9.41. The molecule has 2 rings (SSSR count). The van der Waals surface area contributed by atoms with Crippen molar-refractivity contribution >= 4 is 17.3 Å². The lowest BCUT2D eigenvalue weighted by molar-refractivity contribution is -0.0835. The van der Waals surface area contributed by atoms with Crippen LogP contribution < -0.4 is 10.6 Å². The van der Waals surface area contributed by atoms with E-state index in [1.807, 2.05) is 7.05 Å². The van der Waals surface area contributed by atoms with Gasteiger partial charge in [-0.05, 0) is 18.3 Å². The molecule has 2 heterocycles. The van der Waals surface area contributed by atoms with Gasteiger partial charge in [-0.2, -0.15) is 0 Å². The summed E-state index contributed by atoms with van der Waals surface area (Å²) in [7, 11) is 1.83. The molecule has 1 saturated heterocycles. The predicted molar refractivity (Wildman–Crippen MR) is 111 cm³/mol. The molecule has 2 N–H and O–H groups in total. The van der Waals surface area contributed by atoms with E-state index < -0.39 is 0 Å². The average molecular weight is 381 g/mol. The highest BCUT2D eigenvalue weighted by Crippen LogP contribution is 2.33. The summed E-state index contributed by atoms with van der Waals surface area (Å²) >= 11 is 1.76. The van der Waals surface area contributed by atoms with Crippen LogP contribution in [0.3, 0.4) is 0 Å². The Morgan fingerprint density at radius 1 is 1.38 bits per heavy atom. The zero-order valence-corrected chi connectivity index (χ0v) is 18.1. The Kier molecular flexibility index (Phi) is 7.89. The maximum Gasteiger partial charge on any atom is 0.191 e. The molecule has 5 nitrogen and oxygen atoms in total. The van der Waals surface area contributed by atoms with Gasteiger partial charge in [0.25, 0.3) is 0 Å². The molecule has 0 amide bonds. The van der Waals surface area contributed by atoms with E-state index in [4.69, 9.17) is 9.72 Å². The molecule has 1 aliphatic rings. The van der Waals surface area contributed by atoms with Crippen LogP contribution in [0.2, 0.25) is 0 Å². The topological polar surface area (TPSA) is 58.5 Å². The summed E-state index contributed by atoms with van der Waals surface area (Å²) < 4.78 is 6.07. The van der Waals surface area contributed by atoms with Crippen LogP contribution >= 0.6 is 11.3 Å². The summed E-state index contributed by atoms with van der Waals surface area (Å²) in [5, 5.41) is 10.3. The molecule has 0 spiro atoms. The summed E-state index contributed by atoms with van der Waals surface area (Å²) in [6.45, 7) is 13.8. The molecule has 1 aliphatic heterocycles. The molecule has 2 atom stereocenters. The second kappa shape index (κ2) is 9.70. The van der Waals surface area contributed by atoms with Gasteiger partial charge >= 0.3 is 0 Å². The fraction of sp³-hybridized carbons (Fsp3) is 0.800. The SMILES string of the molecule is CN=C(NCCc1csc(C(C)C)n1)NCC1CCCOC1C(C)(C)C. The lowest BCUT2D eigenvalue weighted by Gasteiger charge is -2.40. The zero-order chi connectivity index (χ0) is 19.2. The third-order valence-electron chi connectivity index (χ3n) is 4.79. The van der Waals surface area contributed by atoms with Crippen molar-refractivity contribution in [1.82, 2.24) is 15.6 Å². The maximum atomic E-state index is 6.07. The van der Waals surface area contributed by atoms with Crippen molar-refractivity contribution in [3.05, 3.63) is 16.1 Å². The maximum absolute atomic E-state index is 6.07. The van der Waals surface area contributed by atoms with Crippen LogP contribution in [-0.2, 0) is 11.2 Å². The van der Waals surface area contributed by atoms with Crippen molar-refractivity contribution in [2.75, 3.05) is 26.7 Å². The Hall–Kier alpha value is -1.14. The van der Waals surface area contributed by atoms with E-state index in [0.717, 1.165) is 44.2 Å². The molecule has 26 heavy (non-hydrogen) atoms. The molecule has 2 unspecified atom stereocenters. The third-order valence-corrected chi connectivity index (χ3v) is 5.98. The molecular weight excluding hydrogens is 344 g/mol.